The molecule has 0 aliphatic heterocycles. The van der Waals surface area contributed by atoms with Crippen LogP contribution in [-0.4, -0.2) is 5.11 Å². The molecule has 0 aromatic heterocycles. The quantitative estimate of drug-likeness (QED) is 0.550. The molecule has 2 N–H and O–H groups in total. The topological polar surface area (TPSA) is 24.1 Å². The van der Waals surface area contributed by atoms with E-state index in [0.717, 1.165) is 28.4 Å². The Morgan fingerprint density at radius 3 is 2.40 bits per heavy atom. The van der Waals surface area contributed by atoms with E-state index in [0.29, 0.717) is 5.11 Å². The van der Waals surface area contributed by atoms with E-state index in [2.05, 4.69) is 41.0 Å². The second kappa shape index (κ2) is 8.15. The monoisotopic (exact) mass is 366 g/mol. The van der Waals surface area contributed by atoms with Gasteiger partial charge in [0.25, 0.3) is 0 Å². The van der Waals surface area contributed by atoms with Crippen molar-refractivity contribution in [2.24, 2.45) is 0 Å². The van der Waals surface area contributed by atoms with E-state index in [9.17, 15) is 0 Å². The Hall–Kier alpha value is -2.36. The standard InChI is InChI=1S/C21H19ClN2S/c1-15-11-12-18(14-19(15)22)23-21(25)24-20-10-6-5-9-17(20)13-16-7-3-2-4-8-16/h2-12,14H,13H2,1H3,(H2,23,24,25). The average molecular weight is 367 g/mol. The van der Waals surface area contributed by atoms with Crippen molar-refractivity contribution in [2.75, 3.05) is 10.6 Å². The molecule has 0 fully saturated rings. The third-order valence-electron chi connectivity index (χ3n) is 3.93. The van der Waals surface area contributed by atoms with E-state index in [-0.39, 0.29) is 0 Å². The summed E-state index contributed by atoms with van der Waals surface area (Å²) in [6, 6.07) is 24.4. The lowest BCUT2D eigenvalue weighted by Crippen LogP contribution is -2.20. The van der Waals surface area contributed by atoms with Gasteiger partial charge in [-0.05, 0) is 60.5 Å². The fourth-order valence-electron chi connectivity index (χ4n) is 2.57. The van der Waals surface area contributed by atoms with E-state index in [1.54, 1.807) is 0 Å². The SMILES string of the molecule is Cc1ccc(NC(=S)Nc2ccccc2Cc2ccccc2)cc1Cl. The van der Waals surface area contributed by atoms with Crippen LogP contribution in [0.5, 0.6) is 0 Å². The van der Waals surface area contributed by atoms with Crippen LogP contribution in [0.3, 0.4) is 0 Å². The molecule has 0 aliphatic rings. The summed E-state index contributed by atoms with van der Waals surface area (Å²) in [7, 11) is 0. The van der Waals surface area contributed by atoms with Crippen molar-refractivity contribution < 1.29 is 0 Å². The Morgan fingerprint density at radius 2 is 1.64 bits per heavy atom. The number of thiocarbonyl (C=S) groups is 1. The Morgan fingerprint density at radius 1 is 0.920 bits per heavy atom. The lowest BCUT2D eigenvalue weighted by Gasteiger charge is -2.15. The average Bonchev–Trinajstić information content (AvgIpc) is 2.61. The summed E-state index contributed by atoms with van der Waals surface area (Å²) in [5.74, 6) is 0. The van der Waals surface area contributed by atoms with Gasteiger partial charge < -0.3 is 10.6 Å². The second-order valence-corrected chi connectivity index (χ2v) is 6.68. The maximum atomic E-state index is 6.17. The number of hydrogen-bond donors (Lipinski definition) is 2. The summed E-state index contributed by atoms with van der Waals surface area (Å²) >= 11 is 11.6. The minimum atomic E-state index is 0.542. The van der Waals surface area contributed by atoms with Gasteiger partial charge in [0.15, 0.2) is 5.11 Å². The zero-order valence-corrected chi connectivity index (χ0v) is 15.5. The number of rotatable bonds is 4. The van der Waals surface area contributed by atoms with Gasteiger partial charge in [-0.3, -0.25) is 0 Å². The van der Waals surface area contributed by atoms with Crippen LogP contribution in [0.15, 0.2) is 72.8 Å². The molecular formula is C21H19ClN2S. The van der Waals surface area contributed by atoms with Gasteiger partial charge in [0.05, 0.1) is 0 Å². The van der Waals surface area contributed by atoms with E-state index < -0.39 is 0 Å². The minimum Gasteiger partial charge on any atom is -0.332 e. The predicted molar refractivity (Wildman–Crippen MR) is 112 cm³/mol. The Balaban J connectivity index is 1.72. The fourth-order valence-corrected chi connectivity index (χ4v) is 2.98. The summed E-state index contributed by atoms with van der Waals surface area (Å²) in [5.41, 5.74) is 5.37. The molecule has 0 heterocycles. The molecule has 0 radical (unpaired) electrons. The molecule has 0 saturated heterocycles. The highest BCUT2D eigenvalue weighted by Gasteiger charge is 2.06. The molecule has 0 unspecified atom stereocenters. The molecule has 0 amide bonds. The van der Waals surface area contributed by atoms with E-state index in [1.807, 2.05) is 49.4 Å². The molecule has 0 aliphatic carbocycles. The Bertz CT molecular complexity index is 878. The van der Waals surface area contributed by atoms with Gasteiger partial charge in [0, 0.05) is 16.4 Å². The largest absolute Gasteiger partial charge is 0.332 e. The fraction of sp³-hybridized carbons (Fsp3) is 0.0952. The highest BCUT2D eigenvalue weighted by Crippen LogP contribution is 2.22. The highest BCUT2D eigenvalue weighted by molar-refractivity contribution is 7.80. The molecule has 3 rings (SSSR count). The van der Waals surface area contributed by atoms with Crippen LogP contribution in [-0.2, 0) is 6.42 Å². The molecule has 2 nitrogen and oxygen atoms in total. The van der Waals surface area contributed by atoms with Crippen LogP contribution in [0.25, 0.3) is 0 Å². The van der Waals surface area contributed by atoms with Crippen LogP contribution in [0.1, 0.15) is 16.7 Å². The van der Waals surface area contributed by atoms with Crippen LogP contribution in [0.4, 0.5) is 11.4 Å². The minimum absolute atomic E-state index is 0.542. The van der Waals surface area contributed by atoms with Crippen molar-refractivity contribution in [3.8, 4) is 0 Å². The molecule has 0 spiro atoms. The maximum Gasteiger partial charge on any atom is 0.175 e. The lowest BCUT2D eigenvalue weighted by molar-refractivity contribution is 1.19. The van der Waals surface area contributed by atoms with Crippen molar-refractivity contribution in [2.45, 2.75) is 13.3 Å². The number of nitrogens with one attached hydrogen (secondary N) is 2. The lowest BCUT2D eigenvalue weighted by atomic mass is 10.0. The first-order valence-electron chi connectivity index (χ1n) is 8.08. The number of hydrogen-bond acceptors (Lipinski definition) is 1. The van der Waals surface area contributed by atoms with Gasteiger partial charge in [-0.25, -0.2) is 0 Å². The first-order chi connectivity index (χ1) is 12.1. The molecule has 126 valence electrons. The second-order valence-electron chi connectivity index (χ2n) is 5.86. The molecule has 0 bridgehead atoms. The van der Waals surface area contributed by atoms with Crippen molar-refractivity contribution in [3.05, 3.63) is 94.5 Å². The predicted octanol–water partition coefficient (Wildman–Crippen LogP) is 6.05. The molecule has 0 atom stereocenters. The summed E-state index contributed by atoms with van der Waals surface area (Å²) in [6.07, 6.45) is 0.850. The van der Waals surface area contributed by atoms with Gasteiger partial charge >= 0.3 is 0 Å². The van der Waals surface area contributed by atoms with E-state index in [1.165, 1.54) is 11.1 Å². The summed E-state index contributed by atoms with van der Waals surface area (Å²) in [4.78, 5) is 0. The smallest absolute Gasteiger partial charge is 0.175 e. The van der Waals surface area contributed by atoms with Crippen molar-refractivity contribution >= 4 is 40.3 Å². The van der Waals surface area contributed by atoms with Crippen LogP contribution >= 0.6 is 23.8 Å². The molecular weight excluding hydrogens is 348 g/mol. The van der Waals surface area contributed by atoms with Gasteiger partial charge in [0.1, 0.15) is 0 Å². The maximum absolute atomic E-state index is 6.17. The Labute approximate surface area is 158 Å². The number of aryl methyl sites for hydroxylation is 1. The number of halogens is 1. The molecule has 4 heteroatoms. The third kappa shape index (κ3) is 4.81. The number of anilines is 2. The Kier molecular flexibility index (Phi) is 5.69. The third-order valence-corrected chi connectivity index (χ3v) is 4.54. The van der Waals surface area contributed by atoms with Crippen molar-refractivity contribution in [3.63, 3.8) is 0 Å². The summed E-state index contributed by atoms with van der Waals surface area (Å²) < 4.78 is 0. The normalized spacial score (nSPS) is 10.3. The number of benzene rings is 3. The van der Waals surface area contributed by atoms with Gasteiger partial charge in [-0.15, -0.1) is 0 Å². The molecule has 3 aromatic carbocycles. The van der Waals surface area contributed by atoms with Crippen LogP contribution in [0, 0.1) is 6.92 Å². The van der Waals surface area contributed by atoms with E-state index in [4.69, 9.17) is 23.8 Å². The highest BCUT2D eigenvalue weighted by atomic mass is 35.5. The summed E-state index contributed by atoms with van der Waals surface area (Å²) in [5, 5.41) is 7.74. The zero-order chi connectivity index (χ0) is 17.6. The van der Waals surface area contributed by atoms with Crippen LogP contribution < -0.4 is 10.6 Å². The van der Waals surface area contributed by atoms with E-state index >= 15 is 0 Å². The van der Waals surface area contributed by atoms with Gasteiger partial charge in [-0.1, -0.05) is 66.2 Å². The summed E-state index contributed by atoms with van der Waals surface area (Å²) in [6.45, 7) is 1.97. The van der Waals surface area contributed by atoms with Gasteiger partial charge in [0.2, 0.25) is 0 Å². The van der Waals surface area contributed by atoms with Crippen molar-refractivity contribution in [1.82, 2.24) is 0 Å². The molecule has 3 aromatic rings. The number of para-hydroxylation sites is 1. The first kappa shape index (κ1) is 17.5. The first-order valence-corrected chi connectivity index (χ1v) is 8.86. The van der Waals surface area contributed by atoms with Crippen molar-refractivity contribution in [1.29, 1.82) is 0 Å². The molecule has 0 saturated carbocycles. The molecule has 25 heavy (non-hydrogen) atoms. The van der Waals surface area contributed by atoms with Gasteiger partial charge in [-0.2, -0.15) is 0 Å². The zero-order valence-electron chi connectivity index (χ0n) is 13.9. The van der Waals surface area contributed by atoms with Crippen LogP contribution in [0.2, 0.25) is 5.02 Å².